The van der Waals surface area contributed by atoms with Crippen LogP contribution in [0, 0.1) is 0 Å². The van der Waals surface area contributed by atoms with Crippen LogP contribution in [-0.2, 0) is 11.3 Å². The number of tetrazole rings is 1. The van der Waals surface area contributed by atoms with Crippen LogP contribution in [0.4, 0.5) is 0 Å². The summed E-state index contributed by atoms with van der Waals surface area (Å²) in [6, 6.07) is 0.195. The molecule has 0 aliphatic heterocycles. The number of nitrogens with one attached hydrogen (secondary N) is 1. The number of nitrogens with two attached hydrogens (primary N) is 1. The van der Waals surface area contributed by atoms with Gasteiger partial charge in [-0.1, -0.05) is 25.1 Å². The maximum absolute atomic E-state index is 12.0. The van der Waals surface area contributed by atoms with Crippen molar-refractivity contribution in [3.05, 3.63) is 0 Å². The summed E-state index contributed by atoms with van der Waals surface area (Å²) in [4.78, 5) is 12.0. The highest BCUT2D eigenvalue weighted by molar-refractivity contribution is 8.00. The Morgan fingerprint density at radius 3 is 2.89 bits per heavy atom. The van der Waals surface area contributed by atoms with Crippen molar-refractivity contribution < 1.29 is 4.79 Å². The summed E-state index contributed by atoms with van der Waals surface area (Å²) >= 11 is 1.34. The second-order valence-electron chi connectivity index (χ2n) is 4.43. The molecule has 1 rings (SSSR count). The highest BCUT2D eigenvalue weighted by Crippen LogP contribution is 2.20. The summed E-state index contributed by atoms with van der Waals surface area (Å²) in [7, 11) is 0. The van der Waals surface area contributed by atoms with Crippen molar-refractivity contribution in [1.82, 2.24) is 25.5 Å². The SMILES string of the molecule is CCCC(C)NC(=O)C(C)Sc1nnnn1CCN. The fourth-order valence-corrected chi connectivity index (χ4v) is 2.44. The van der Waals surface area contributed by atoms with E-state index in [2.05, 4.69) is 27.8 Å². The monoisotopic (exact) mass is 286 g/mol. The normalized spacial score (nSPS) is 14.1. The van der Waals surface area contributed by atoms with Crippen LogP contribution < -0.4 is 11.1 Å². The zero-order valence-corrected chi connectivity index (χ0v) is 12.5. The van der Waals surface area contributed by atoms with Gasteiger partial charge < -0.3 is 11.1 Å². The van der Waals surface area contributed by atoms with Crippen LogP contribution in [0.25, 0.3) is 0 Å². The Hall–Kier alpha value is -1.15. The standard InChI is InChI=1S/C11H22N6OS/c1-4-5-8(2)13-10(18)9(3)19-11-14-15-16-17(11)7-6-12/h8-9H,4-7,12H2,1-3H3,(H,13,18). The highest BCUT2D eigenvalue weighted by Gasteiger charge is 2.19. The molecule has 0 aliphatic rings. The molecule has 8 heteroatoms. The van der Waals surface area contributed by atoms with E-state index in [0.29, 0.717) is 18.2 Å². The molecule has 0 aromatic carbocycles. The first-order chi connectivity index (χ1) is 9.08. The molecule has 3 N–H and O–H groups in total. The summed E-state index contributed by atoms with van der Waals surface area (Å²) in [6.45, 7) is 6.97. The molecule has 0 aliphatic carbocycles. The first-order valence-corrected chi connectivity index (χ1v) is 7.39. The Kier molecular flexibility index (Phi) is 6.79. The van der Waals surface area contributed by atoms with Gasteiger partial charge in [-0.05, 0) is 30.7 Å². The van der Waals surface area contributed by atoms with Crippen molar-refractivity contribution in [2.24, 2.45) is 5.73 Å². The Labute approximate surface area is 117 Å². The molecule has 1 heterocycles. The van der Waals surface area contributed by atoms with Crippen molar-refractivity contribution in [2.45, 2.75) is 56.6 Å². The zero-order chi connectivity index (χ0) is 14.3. The molecule has 0 fully saturated rings. The molecular weight excluding hydrogens is 264 g/mol. The minimum Gasteiger partial charge on any atom is -0.353 e. The van der Waals surface area contributed by atoms with Crippen molar-refractivity contribution >= 4 is 17.7 Å². The lowest BCUT2D eigenvalue weighted by Crippen LogP contribution is -2.37. The number of rotatable bonds is 8. The van der Waals surface area contributed by atoms with Crippen LogP contribution in [0.3, 0.4) is 0 Å². The molecule has 2 unspecified atom stereocenters. The third-order valence-corrected chi connectivity index (χ3v) is 3.67. The lowest BCUT2D eigenvalue weighted by atomic mass is 10.2. The lowest BCUT2D eigenvalue weighted by molar-refractivity contribution is -0.120. The molecular formula is C11H22N6OS. The summed E-state index contributed by atoms with van der Waals surface area (Å²) in [5.41, 5.74) is 5.47. The minimum atomic E-state index is -0.234. The number of hydrogen-bond donors (Lipinski definition) is 2. The lowest BCUT2D eigenvalue weighted by Gasteiger charge is -2.16. The first kappa shape index (κ1) is 15.9. The van der Waals surface area contributed by atoms with Crippen molar-refractivity contribution in [3.63, 3.8) is 0 Å². The number of amides is 1. The topological polar surface area (TPSA) is 98.7 Å². The van der Waals surface area contributed by atoms with E-state index in [0.717, 1.165) is 12.8 Å². The van der Waals surface area contributed by atoms with Gasteiger partial charge in [0.25, 0.3) is 0 Å². The summed E-state index contributed by atoms with van der Waals surface area (Å²) in [5.74, 6) is 0.00764. The van der Waals surface area contributed by atoms with Gasteiger partial charge in [0.1, 0.15) is 0 Å². The molecule has 1 aromatic heterocycles. The van der Waals surface area contributed by atoms with Gasteiger partial charge in [0, 0.05) is 12.6 Å². The predicted molar refractivity (Wildman–Crippen MR) is 74.7 cm³/mol. The maximum atomic E-state index is 12.0. The molecule has 2 atom stereocenters. The van der Waals surface area contributed by atoms with Crippen LogP contribution in [0.15, 0.2) is 5.16 Å². The van der Waals surface area contributed by atoms with Crippen molar-refractivity contribution in [2.75, 3.05) is 6.54 Å². The molecule has 1 amide bonds. The fraction of sp³-hybridized carbons (Fsp3) is 0.818. The van der Waals surface area contributed by atoms with Crippen molar-refractivity contribution in [1.29, 1.82) is 0 Å². The Bertz CT molecular complexity index is 396. The van der Waals surface area contributed by atoms with Gasteiger partial charge in [-0.2, -0.15) is 0 Å². The smallest absolute Gasteiger partial charge is 0.233 e. The first-order valence-electron chi connectivity index (χ1n) is 6.51. The maximum Gasteiger partial charge on any atom is 0.233 e. The average Bonchev–Trinajstić information content (AvgIpc) is 2.77. The van der Waals surface area contributed by atoms with Crippen LogP contribution in [0.1, 0.15) is 33.6 Å². The van der Waals surface area contributed by atoms with Crippen LogP contribution in [-0.4, -0.2) is 44.0 Å². The second kappa shape index (κ2) is 8.11. The molecule has 108 valence electrons. The summed E-state index contributed by atoms with van der Waals surface area (Å²) in [5, 5.41) is 14.7. The van der Waals surface area contributed by atoms with E-state index in [1.165, 1.54) is 11.8 Å². The Morgan fingerprint density at radius 1 is 1.53 bits per heavy atom. The summed E-state index contributed by atoms with van der Waals surface area (Å²) in [6.07, 6.45) is 2.03. The molecule has 1 aromatic rings. The minimum absolute atomic E-state index is 0.00764. The molecule has 0 spiro atoms. The third kappa shape index (κ3) is 5.15. The molecule has 0 radical (unpaired) electrons. The van der Waals surface area contributed by atoms with E-state index in [9.17, 15) is 4.79 Å². The zero-order valence-electron chi connectivity index (χ0n) is 11.7. The van der Waals surface area contributed by atoms with Crippen LogP contribution in [0.5, 0.6) is 0 Å². The average molecular weight is 286 g/mol. The van der Waals surface area contributed by atoms with Gasteiger partial charge in [0.2, 0.25) is 11.1 Å². The number of nitrogens with zero attached hydrogens (tertiary/aromatic N) is 4. The molecule has 0 saturated carbocycles. The largest absolute Gasteiger partial charge is 0.353 e. The van der Waals surface area contributed by atoms with Crippen molar-refractivity contribution in [3.8, 4) is 0 Å². The van der Waals surface area contributed by atoms with Gasteiger partial charge in [0.15, 0.2) is 0 Å². The van der Waals surface area contributed by atoms with E-state index < -0.39 is 0 Å². The van der Waals surface area contributed by atoms with Crippen LogP contribution >= 0.6 is 11.8 Å². The molecule has 19 heavy (non-hydrogen) atoms. The number of aromatic nitrogens is 4. The van der Waals surface area contributed by atoms with E-state index in [4.69, 9.17) is 5.73 Å². The predicted octanol–water partition coefficient (Wildman–Crippen LogP) is 0.417. The highest BCUT2D eigenvalue weighted by atomic mass is 32.2. The quantitative estimate of drug-likeness (QED) is 0.672. The van der Waals surface area contributed by atoms with E-state index in [-0.39, 0.29) is 17.2 Å². The number of thioether (sulfide) groups is 1. The Balaban J connectivity index is 2.51. The van der Waals surface area contributed by atoms with E-state index in [1.807, 2.05) is 13.8 Å². The van der Waals surface area contributed by atoms with Gasteiger partial charge in [0.05, 0.1) is 11.8 Å². The van der Waals surface area contributed by atoms with Gasteiger partial charge in [-0.3, -0.25) is 4.79 Å². The van der Waals surface area contributed by atoms with Gasteiger partial charge >= 0.3 is 0 Å². The fourth-order valence-electron chi connectivity index (χ4n) is 1.62. The number of carbonyl (C=O) groups excluding carboxylic acids is 1. The summed E-state index contributed by atoms with van der Waals surface area (Å²) < 4.78 is 1.61. The number of carbonyl (C=O) groups is 1. The van der Waals surface area contributed by atoms with E-state index in [1.54, 1.807) is 4.68 Å². The van der Waals surface area contributed by atoms with E-state index >= 15 is 0 Å². The Morgan fingerprint density at radius 2 is 2.26 bits per heavy atom. The molecule has 7 nitrogen and oxygen atoms in total. The number of hydrogen-bond acceptors (Lipinski definition) is 6. The van der Waals surface area contributed by atoms with Gasteiger partial charge in [-0.25, -0.2) is 4.68 Å². The molecule has 0 bridgehead atoms. The second-order valence-corrected chi connectivity index (χ2v) is 5.74. The van der Waals surface area contributed by atoms with Gasteiger partial charge in [-0.15, -0.1) is 5.10 Å². The molecule has 0 saturated heterocycles. The van der Waals surface area contributed by atoms with Crippen LogP contribution in [0.2, 0.25) is 0 Å². The third-order valence-electron chi connectivity index (χ3n) is 2.60.